The van der Waals surface area contributed by atoms with Crippen molar-refractivity contribution in [2.24, 2.45) is 5.41 Å². The van der Waals surface area contributed by atoms with Gasteiger partial charge in [-0.05, 0) is 35.9 Å². The SMILES string of the molecule is CC(C)(C)C(=O)CNC(=O)c1ccc(NC(=O)N2Cc3cccnc3C2)cc1. The number of carbonyl (C=O) groups excluding carboxylic acids is 3. The second kappa shape index (κ2) is 7.80. The summed E-state index contributed by atoms with van der Waals surface area (Å²) in [6.07, 6.45) is 1.72. The van der Waals surface area contributed by atoms with Crippen molar-refractivity contribution in [3.8, 4) is 0 Å². The van der Waals surface area contributed by atoms with Gasteiger partial charge >= 0.3 is 6.03 Å². The molecule has 1 aromatic heterocycles. The van der Waals surface area contributed by atoms with Gasteiger partial charge in [0.15, 0.2) is 5.78 Å². The van der Waals surface area contributed by atoms with Gasteiger partial charge in [-0.2, -0.15) is 0 Å². The Balaban J connectivity index is 1.54. The molecule has 2 aromatic rings. The molecule has 3 rings (SSSR count). The molecule has 0 saturated heterocycles. The van der Waals surface area contributed by atoms with E-state index in [1.807, 2.05) is 32.9 Å². The first kappa shape index (κ1) is 19.5. The lowest BCUT2D eigenvalue weighted by Gasteiger charge is -2.17. The first-order valence-electron chi connectivity index (χ1n) is 9.14. The highest BCUT2D eigenvalue weighted by atomic mass is 16.2. The molecule has 0 radical (unpaired) electrons. The van der Waals surface area contributed by atoms with Crippen LogP contribution in [0.2, 0.25) is 0 Å². The van der Waals surface area contributed by atoms with Crippen molar-refractivity contribution in [2.45, 2.75) is 33.9 Å². The van der Waals surface area contributed by atoms with Crippen LogP contribution in [0.15, 0.2) is 42.6 Å². The molecule has 0 bridgehead atoms. The van der Waals surface area contributed by atoms with E-state index in [0.717, 1.165) is 11.3 Å². The number of hydrogen-bond donors (Lipinski definition) is 2. The number of benzene rings is 1. The Morgan fingerprint density at radius 2 is 1.79 bits per heavy atom. The Kier molecular flexibility index (Phi) is 5.44. The molecule has 2 heterocycles. The average Bonchev–Trinajstić information content (AvgIpc) is 3.10. The molecule has 3 amide bonds. The maximum absolute atomic E-state index is 12.4. The minimum Gasteiger partial charge on any atom is -0.345 e. The number of urea groups is 1. The Bertz CT molecular complexity index is 876. The monoisotopic (exact) mass is 380 g/mol. The quantitative estimate of drug-likeness (QED) is 0.853. The zero-order valence-electron chi connectivity index (χ0n) is 16.3. The third kappa shape index (κ3) is 4.54. The van der Waals surface area contributed by atoms with Crippen LogP contribution < -0.4 is 10.6 Å². The van der Waals surface area contributed by atoms with E-state index in [1.165, 1.54) is 0 Å². The van der Waals surface area contributed by atoms with Crippen molar-refractivity contribution in [2.75, 3.05) is 11.9 Å². The van der Waals surface area contributed by atoms with Crippen LogP contribution in [0.5, 0.6) is 0 Å². The van der Waals surface area contributed by atoms with Crippen LogP contribution in [-0.2, 0) is 17.9 Å². The smallest absolute Gasteiger partial charge is 0.322 e. The third-order valence-electron chi connectivity index (χ3n) is 4.62. The fourth-order valence-corrected chi connectivity index (χ4v) is 2.78. The predicted octanol–water partition coefficient (Wildman–Crippen LogP) is 2.97. The first-order chi connectivity index (χ1) is 13.2. The molecule has 2 N–H and O–H groups in total. The summed E-state index contributed by atoms with van der Waals surface area (Å²) >= 11 is 0. The molecule has 0 atom stereocenters. The highest BCUT2D eigenvalue weighted by molar-refractivity contribution is 5.98. The molecular weight excluding hydrogens is 356 g/mol. The summed E-state index contributed by atoms with van der Waals surface area (Å²) in [6.45, 7) is 6.43. The van der Waals surface area contributed by atoms with Crippen LogP contribution in [0.25, 0.3) is 0 Å². The summed E-state index contributed by atoms with van der Waals surface area (Å²) in [6, 6.07) is 10.2. The van der Waals surface area contributed by atoms with Crippen molar-refractivity contribution in [1.82, 2.24) is 15.2 Å². The first-order valence-corrected chi connectivity index (χ1v) is 9.14. The van der Waals surface area contributed by atoms with Crippen molar-refractivity contribution in [1.29, 1.82) is 0 Å². The molecule has 0 fully saturated rings. The van der Waals surface area contributed by atoms with Crippen LogP contribution in [0.1, 0.15) is 42.4 Å². The predicted molar refractivity (Wildman–Crippen MR) is 106 cm³/mol. The van der Waals surface area contributed by atoms with E-state index in [1.54, 1.807) is 35.4 Å². The molecule has 1 aliphatic heterocycles. The van der Waals surface area contributed by atoms with Gasteiger partial charge in [-0.1, -0.05) is 26.8 Å². The number of amides is 3. The number of ketones is 1. The highest BCUT2D eigenvalue weighted by Crippen LogP contribution is 2.21. The standard InChI is InChI=1S/C21H24N4O3/c1-21(2,3)18(26)11-23-19(27)14-6-8-16(9-7-14)24-20(28)25-12-15-5-4-10-22-17(15)13-25/h4-10H,11-13H2,1-3H3,(H,23,27)(H,24,28). The fraction of sp³-hybridized carbons (Fsp3) is 0.333. The Hall–Kier alpha value is -3.22. The third-order valence-corrected chi connectivity index (χ3v) is 4.62. The molecule has 1 aliphatic rings. The zero-order chi connectivity index (χ0) is 20.3. The number of nitrogens with one attached hydrogen (secondary N) is 2. The van der Waals surface area contributed by atoms with Crippen LogP contribution >= 0.6 is 0 Å². The van der Waals surface area contributed by atoms with Gasteiger partial charge < -0.3 is 15.5 Å². The van der Waals surface area contributed by atoms with Crippen LogP contribution in [-0.4, -0.2) is 34.2 Å². The molecule has 7 nitrogen and oxygen atoms in total. The lowest BCUT2D eigenvalue weighted by Crippen LogP contribution is -2.35. The van der Waals surface area contributed by atoms with Gasteiger partial charge in [0.2, 0.25) is 0 Å². The number of anilines is 1. The number of aromatic nitrogens is 1. The summed E-state index contributed by atoms with van der Waals surface area (Å²) in [5, 5.41) is 5.46. The minimum absolute atomic E-state index is 0.00955. The van der Waals surface area contributed by atoms with Gasteiger partial charge in [0, 0.05) is 29.4 Å². The molecule has 0 aliphatic carbocycles. The maximum Gasteiger partial charge on any atom is 0.322 e. The van der Waals surface area contributed by atoms with E-state index in [2.05, 4.69) is 15.6 Å². The van der Waals surface area contributed by atoms with E-state index in [4.69, 9.17) is 0 Å². The summed E-state index contributed by atoms with van der Waals surface area (Å²) in [5.74, 6) is -0.359. The summed E-state index contributed by atoms with van der Waals surface area (Å²) in [4.78, 5) is 42.5. The number of Topliss-reactive ketones (excluding diaryl/α,β-unsaturated/α-hetero) is 1. The number of pyridine rings is 1. The number of hydrogen-bond acceptors (Lipinski definition) is 4. The molecule has 1 aromatic carbocycles. The van der Waals surface area contributed by atoms with E-state index in [0.29, 0.717) is 24.3 Å². The second-order valence-corrected chi connectivity index (χ2v) is 7.83. The van der Waals surface area contributed by atoms with Gasteiger partial charge in [0.25, 0.3) is 5.91 Å². The van der Waals surface area contributed by atoms with Gasteiger partial charge in [0.05, 0.1) is 18.8 Å². The van der Waals surface area contributed by atoms with E-state index >= 15 is 0 Å². The minimum atomic E-state index is -0.494. The van der Waals surface area contributed by atoms with E-state index in [-0.39, 0.29) is 24.3 Å². The van der Waals surface area contributed by atoms with Gasteiger partial charge in [-0.3, -0.25) is 14.6 Å². The number of rotatable bonds is 4. The molecule has 0 unspecified atom stereocenters. The fourth-order valence-electron chi connectivity index (χ4n) is 2.78. The largest absolute Gasteiger partial charge is 0.345 e. The molecule has 0 saturated carbocycles. The Labute approximate surface area is 164 Å². The number of carbonyl (C=O) groups is 3. The molecule has 146 valence electrons. The molecule has 0 spiro atoms. The summed E-state index contributed by atoms with van der Waals surface area (Å²) in [5.41, 5.74) is 2.49. The normalized spacial score (nSPS) is 13.0. The average molecular weight is 380 g/mol. The van der Waals surface area contributed by atoms with Crippen molar-refractivity contribution in [3.05, 3.63) is 59.4 Å². The Morgan fingerprint density at radius 1 is 1.07 bits per heavy atom. The molecule has 28 heavy (non-hydrogen) atoms. The molecular formula is C21H24N4O3. The molecule has 7 heteroatoms. The number of nitrogens with zero attached hydrogens (tertiary/aromatic N) is 2. The van der Waals surface area contributed by atoms with Crippen molar-refractivity contribution >= 4 is 23.4 Å². The van der Waals surface area contributed by atoms with E-state index < -0.39 is 5.41 Å². The summed E-state index contributed by atoms with van der Waals surface area (Å²) < 4.78 is 0. The van der Waals surface area contributed by atoms with Crippen molar-refractivity contribution in [3.63, 3.8) is 0 Å². The number of fused-ring (bicyclic) bond motifs is 1. The van der Waals surface area contributed by atoms with Gasteiger partial charge in [0.1, 0.15) is 0 Å². The van der Waals surface area contributed by atoms with Crippen LogP contribution in [0, 0.1) is 5.41 Å². The summed E-state index contributed by atoms with van der Waals surface area (Å²) in [7, 11) is 0. The topological polar surface area (TPSA) is 91.4 Å². The van der Waals surface area contributed by atoms with Crippen molar-refractivity contribution < 1.29 is 14.4 Å². The lowest BCUT2D eigenvalue weighted by atomic mass is 9.91. The Morgan fingerprint density at radius 3 is 2.43 bits per heavy atom. The zero-order valence-corrected chi connectivity index (χ0v) is 16.3. The van der Waals surface area contributed by atoms with E-state index in [9.17, 15) is 14.4 Å². The maximum atomic E-state index is 12.4. The van der Waals surface area contributed by atoms with Gasteiger partial charge in [-0.15, -0.1) is 0 Å². The van der Waals surface area contributed by atoms with Crippen LogP contribution in [0.4, 0.5) is 10.5 Å². The highest BCUT2D eigenvalue weighted by Gasteiger charge is 2.24. The van der Waals surface area contributed by atoms with Crippen LogP contribution in [0.3, 0.4) is 0 Å². The second-order valence-electron chi connectivity index (χ2n) is 7.83. The van der Waals surface area contributed by atoms with Gasteiger partial charge in [-0.25, -0.2) is 4.79 Å². The lowest BCUT2D eigenvalue weighted by molar-refractivity contribution is -0.125.